The minimum atomic E-state index is 0.0150. The van der Waals surface area contributed by atoms with Crippen molar-refractivity contribution >= 4 is 0 Å². The van der Waals surface area contributed by atoms with Crippen molar-refractivity contribution in [2.75, 3.05) is 0 Å². The number of hydrogen-bond acceptors (Lipinski definition) is 2. The molecule has 3 nitrogen and oxygen atoms in total. The summed E-state index contributed by atoms with van der Waals surface area (Å²) >= 11 is 0. The van der Waals surface area contributed by atoms with Gasteiger partial charge in [0.15, 0.2) is 0 Å². The lowest BCUT2D eigenvalue weighted by Crippen LogP contribution is -2.22. The first kappa shape index (κ1) is 17.2. The highest BCUT2D eigenvalue weighted by atomic mass is 16.3. The lowest BCUT2D eigenvalue weighted by atomic mass is 9.88. The molecule has 0 saturated heterocycles. The zero-order valence-corrected chi connectivity index (χ0v) is 15.3. The van der Waals surface area contributed by atoms with Crippen LogP contribution in [0.25, 0.3) is 11.3 Å². The molecule has 1 N–H and O–H groups in total. The molecule has 0 spiro atoms. The van der Waals surface area contributed by atoms with Crippen LogP contribution in [0, 0.1) is 5.92 Å². The van der Waals surface area contributed by atoms with E-state index in [4.69, 9.17) is 4.98 Å². The second-order valence-corrected chi connectivity index (χ2v) is 8.17. The molecule has 24 heavy (non-hydrogen) atoms. The van der Waals surface area contributed by atoms with Crippen molar-refractivity contribution in [1.82, 2.24) is 9.55 Å². The Bertz CT molecular complexity index is 675. The monoisotopic (exact) mass is 326 g/mol. The molecule has 0 amide bonds. The highest BCUT2D eigenvalue weighted by Gasteiger charge is 2.24. The predicted octanol–water partition coefficient (Wildman–Crippen LogP) is 4.92. The van der Waals surface area contributed by atoms with E-state index in [1.54, 1.807) is 0 Å². The predicted molar refractivity (Wildman–Crippen MR) is 98.9 cm³/mol. The molecular weight excluding hydrogens is 296 g/mol. The molecule has 1 aliphatic rings. The molecule has 0 bridgehead atoms. The molecule has 3 rings (SSSR count). The fourth-order valence-electron chi connectivity index (χ4n) is 3.84. The van der Waals surface area contributed by atoms with Crippen molar-refractivity contribution in [1.29, 1.82) is 0 Å². The maximum absolute atomic E-state index is 9.64. The van der Waals surface area contributed by atoms with Gasteiger partial charge in [-0.15, -0.1) is 0 Å². The number of nitrogens with zero attached hydrogens (tertiary/aromatic N) is 2. The van der Waals surface area contributed by atoms with Crippen molar-refractivity contribution in [2.45, 2.75) is 71.4 Å². The average molecular weight is 326 g/mol. The van der Waals surface area contributed by atoms with Crippen LogP contribution in [-0.4, -0.2) is 14.7 Å². The van der Waals surface area contributed by atoms with Gasteiger partial charge in [-0.2, -0.15) is 0 Å². The Kier molecular flexibility index (Phi) is 5.09. The summed E-state index contributed by atoms with van der Waals surface area (Å²) in [6.07, 6.45) is 8.99. The van der Waals surface area contributed by atoms with Gasteiger partial charge in [0, 0.05) is 23.7 Å². The lowest BCUT2D eigenvalue weighted by molar-refractivity contribution is 0.282. The molecule has 0 atom stereocenters. The van der Waals surface area contributed by atoms with Crippen LogP contribution in [0.15, 0.2) is 30.5 Å². The molecular formula is C21H30N2O. The van der Waals surface area contributed by atoms with Gasteiger partial charge in [-0.1, -0.05) is 64.3 Å². The number of aliphatic hydroxyl groups is 1. The molecule has 1 saturated carbocycles. The van der Waals surface area contributed by atoms with Gasteiger partial charge in [0.2, 0.25) is 0 Å². The number of aliphatic hydroxyl groups excluding tert-OH is 1. The fraction of sp³-hybridized carbons (Fsp3) is 0.571. The minimum Gasteiger partial charge on any atom is -0.392 e. The molecule has 0 unspecified atom stereocenters. The van der Waals surface area contributed by atoms with Crippen LogP contribution >= 0.6 is 0 Å². The van der Waals surface area contributed by atoms with E-state index in [-0.39, 0.29) is 12.0 Å². The van der Waals surface area contributed by atoms with Gasteiger partial charge in [0.25, 0.3) is 0 Å². The Morgan fingerprint density at radius 1 is 1.12 bits per heavy atom. The van der Waals surface area contributed by atoms with Gasteiger partial charge in [-0.25, -0.2) is 4.98 Å². The largest absolute Gasteiger partial charge is 0.392 e. The molecule has 130 valence electrons. The van der Waals surface area contributed by atoms with Gasteiger partial charge >= 0.3 is 0 Å². The number of benzene rings is 1. The van der Waals surface area contributed by atoms with E-state index in [9.17, 15) is 5.11 Å². The van der Waals surface area contributed by atoms with E-state index < -0.39 is 0 Å². The summed E-state index contributed by atoms with van der Waals surface area (Å²) in [5.41, 5.74) is 3.00. The summed E-state index contributed by atoms with van der Waals surface area (Å²) in [7, 11) is 0. The maximum atomic E-state index is 9.64. The van der Waals surface area contributed by atoms with Gasteiger partial charge in [-0.05, 0) is 24.3 Å². The van der Waals surface area contributed by atoms with Crippen LogP contribution in [0.2, 0.25) is 0 Å². The number of rotatable bonds is 4. The number of imidazole rings is 1. The first-order valence-electron chi connectivity index (χ1n) is 9.26. The van der Waals surface area contributed by atoms with E-state index in [1.165, 1.54) is 32.1 Å². The van der Waals surface area contributed by atoms with E-state index in [0.717, 1.165) is 35.1 Å². The standard InChI is InChI=1S/C21H30N2O/c1-21(2,3)20-22-19(18-12-8-7-11-17(18)15-24)14-23(20)13-16-9-5-4-6-10-16/h7-8,11-12,14,16,24H,4-6,9-10,13,15H2,1-3H3. The van der Waals surface area contributed by atoms with E-state index in [1.807, 2.05) is 18.2 Å². The van der Waals surface area contributed by atoms with Gasteiger partial charge in [0.05, 0.1) is 12.3 Å². The van der Waals surface area contributed by atoms with Gasteiger partial charge in [-0.3, -0.25) is 0 Å². The Morgan fingerprint density at radius 2 is 1.83 bits per heavy atom. The summed E-state index contributed by atoms with van der Waals surface area (Å²) < 4.78 is 2.37. The summed E-state index contributed by atoms with van der Waals surface area (Å²) in [5.74, 6) is 1.92. The zero-order valence-electron chi connectivity index (χ0n) is 15.3. The maximum Gasteiger partial charge on any atom is 0.114 e. The second-order valence-electron chi connectivity index (χ2n) is 8.17. The third-order valence-corrected chi connectivity index (χ3v) is 5.09. The summed E-state index contributed by atoms with van der Waals surface area (Å²) in [5, 5.41) is 9.64. The quantitative estimate of drug-likeness (QED) is 0.866. The smallest absolute Gasteiger partial charge is 0.114 e. The summed E-state index contributed by atoms with van der Waals surface area (Å²) in [6.45, 7) is 7.81. The van der Waals surface area contributed by atoms with Crippen molar-refractivity contribution < 1.29 is 5.11 Å². The van der Waals surface area contributed by atoms with E-state index >= 15 is 0 Å². The van der Waals surface area contributed by atoms with Crippen LogP contribution in [0.3, 0.4) is 0 Å². The molecule has 2 aromatic rings. The Labute approximate surface area is 145 Å². The molecule has 3 heteroatoms. The fourth-order valence-corrected chi connectivity index (χ4v) is 3.84. The van der Waals surface area contributed by atoms with Crippen LogP contribution < -0.4 is 0 Å². The first-order chi connectivity index (χ1) is 11.5. The van der Waals surface area contributed by atoms with Crippen LogP contribution in [0.1, 0.15) is 64.3 Å². The molecule has 0 radical (unpaired) electrons. The lowest BCUT2D eigenvalue weighted by Gasteiger charge is -2.25. The van der Waals surface area contributed by atoms with Crippen molar-refractivity contribution in [3.63, 3.8) is 0 Å². The number of hydrogen-bond donors (Lipinski definition) is 1. The van der Waals surface area contributed by atoms with Crippen LogP contribution in [0.4, 0.5) is 0 Å². The average Bonchev–Trinajstić information content (AvgIpc) is 2.99. The molecule has 1 aromatic carbocycles. The molecule has 1 heterocycles. The van der Waals surface area contributed by atoms with Gasteiger partial charge in [0.1, 0.15) is 5.82 Å². The minimum absolute atomic E-state index is 0.0150. The van der Waals surface area contributed by atoms with Gasteiger partial charge < -0.3 is 9.67 Å². The second kappa shape index (κ2) is 7.10. The molecule has 1 aliphatic carbocycles. The molecule has 1 fully saturated rings. The highest BCUT2D eigenvalue weighted by molar-refractivity contribution is 5.63. The van der Waals surface area contributed by atoms with Crippen LogP contribution in [0.5, 0.6) is 0 Å². The zero-order chi connectivity index (χ0) is 17.2. The third kappa shape index (κ3) is 3.72. The van der Waals surface area contributed by atoms with Crippen LogP contribution in [-0.2, 0) is 18.6 Å². The summed E-state index contributed by atoms with van der Waals surface area (Å²) in [4.78, 5) is 4.98. The third-order valence-electron chi connectivity index (χ3n) is 5.09. The number of aromatic nitrogens is 2. The molecule has 1 aromatic heterocycles. The summed E-state index contributed by atoms with van der Waals surface area (Å²) in [6, 6.07) is 8.03. The van der Waals surface area contributed by atoms with E-state index in [0.29, 0.717) is 0 Å². The molecule has 0 aliphatic heterocycles. The highest BCUT2D eigenvalue weighted by Crippen LogP contribution is 2.31. The van der Waals surface area contributed by atoms with Crippen molar-refractivity contribution in [3.05, 3.63) is 41.9 Å². The Balaban J connectivity index is 1.97. The van der Waals surface area contributed by atoms with Crippen molar-refractivity contribution in [3.8, 4) is 11.3 Å². The topological polar surface area (TPSA) is 38.1 Å². The Hall–Kier alpha value is -1.61. The SMILES string of the molecule is CC(C)(C)c1nc(-c2ccccc2CO)cn1CC1CCCCC1. The van der Waals surface area contributed by atoms with E-state index in [2.05, 4.69) is 37.6 Å². The normalized spacial score (nSPS) is 16.5. The first-order valence-corrected chi connectivity index (χ1v) is 9.26. The Morgan fingerprint density at radius 3 is 2.50 bits per heavy atom. The van der Waals surface area contributed by atoms with Crippen molar-refractivity contribution in [2.24, 2.45) is 5.92 Å².